The van der Waals surface area contributed by atoms with Crippen molar-refractivity contribution in [3.63, 3.8) is 0 Å². The molecule has 244 valence electrons. The summed E-state index contributed by atoms with van der Waals surface area (Å²) in [4.78, 5) is 56.8. The Bertz CT molecular complexity index is 1680. The Morgan fingerprint density at radius 3 is 2.35 bits per heavy atom. The van der Waals surface area contributed by atoms with Crippen molar-refractivity contribution in [1.29, 1.82) is 5.26 Å². The number of carbonyl (C=O) groups excluding carboxylic acids is 4. The minimum absolute atomic E-state index is 0.0308. The van der Waals surface area contributed by atoms with Crippen molar-refractivity contribution in [1.82, 2.24) is 9.80 Å². The molecule has 0 spiro atoms. The van der Waals surface area contributed by atoms with Gasteiger partial charge in [0, 0.05) is 51.1 Å². The minimum Gasteiger partial charge on any atom is -0.504 e. The smallest absolute Gasteiger partial charge is 0.504 e. The highest BCUT2D eigenvalue weighted by molar-refractivity contribution is 6.25. The number of benzene rings is 1. The van der Waals surface area contributed by atoms with Crippen LogP contribution in [0.2, 0.25) is 0 Å². The molecule has 3 heterocycles. The van der Waals surface area contributed by atoms with Crippen LogP contribution in [0.5, 0.6) is 17.2 Å². The molecule has 13 nitrogen and oxygen atoms in total. The molecular formula is C33H37N3O10. The van der Waals surface area contributed by atoms with E-state index < -0.39 is 48.1 Å². The Balaban J connectivity index is 1.79. The van der Waals surface area contributed by atoms with E-state index in [0.717, 1.165) is 7.11 Å². The first-order valence-electron chi connectivity index (χ1n) is 14.8. The number of allylic oxidation sites excluding steroid dienone is 3. The first-order chi connectivity index (χ1) is 21.9. The number of likely N-dealkylation sites (N-methyl/N-ethyl adjacent to an activating group) is 1. The molecule has 1 aromatic rings. The third-order valence-electron chi connectivity index (χ3n) is 9.71. The summed E-state index contributed by atoms with van der Waals surface area (Å²) in [5.41, 5.74) is 2.12. The molecule has 1 saturated heterocycles. The Labute approximate surface area is 266 Å². The monoisotopic (exact) mass is 635 g/mol. The first-order valence-corrected chi connectivity index (χ1v) is 14.8. The van der Waals surface area contributed by atoms with Crippen LogP contribution < -0.4 is 9.47 Å². The van der Waals surface area contributed by atoms with Gasteiger partial charge >= 0.3 is 12.1 Å². The van der Waals surface area contributed by atoms with Crippen molar-refractivity contribution >= 4 is 23.7 Å². The molecule has 5 rings (SSSR count). The second-order valence-electron chi connectivity index (χ2n) is 11.8. The number of ether oxygens (including phenoxy) is 5. The van der Waals surface area contributed by atoms with Gasteiger partial charge in [0.1, 0.15) is 18.4 Å². The van der Waals surface area contributed by atoms with E-state index in [1.54, 1.807) is 40.8 Å². The molecule has 0 amide bonds. The number of esters is 1. The Morgan fingerprint density at radius 2 is 1.76 bits per heavy atom. The van der Waals surface area contributed by atoms with Crippen molar-refractivity contribution in [2.45, 2.75) is 70.7 Å². The fourth-order valence-electron chi connectivity index (χ4n) is 7.45. The van der Waals surface area contributed by atoms with Crippen LogP contribution in [-0.4, -0.2) is 97.7 Å². The van der Waals surface area contributed by atoms with E-state index in [0.29, 0.717) is 22.3 Å². The molecule has 1 fully saturated rings. The van der Waals surface area contributed by atoms with E-state index in [9.17, 15) is 29.5 Å². The molecular weight excluding hydrogens is 598 g/mol. The number of fused-ring (bicyclic) bond motifs is 6. The van der Waals surface area contributed by atoms with E-state index in [4.69, 9.17) is 23.7 Å². The number of carbonyl (C=O) groups is 4. The van der Waals surface area contributed by atoms with Crippen molar-refractivity contribution in [2.75, 3.05) is 35.0 Å². The Morgan fingerprint density at radius 1 is 1.07 bits per heavy atom. The molecule has 13 heteroatoms. The molecule has 1 aromatic carbocycles. The van der Waals surface area contributed by atoms with E-state index >= 15 is 0 Å². The van der Waals surface area contributed by atoms with E-state index in [-0.39, 0.29) is 64.9 Å². The number of Topliss-reactive ketones (excluding diaryl/α,β-unsaturated/α-hetero) is 2. The fraction of sp³-hybridized carbons (Fsp3) is 0.485. The van der Waals surface area contributed by atoms with Crippen molar-refractivity contribution in [2.24, 2.45) is 0 Å². The summed E-state index contributed by atoms with van der Waals surface area (Å²) in [5, 5.41) is 22.4. The number of phenols is 1. The third-order valence-corrected chi connectivity index (χ3v) is 9.71. The number of aromatic hydroxyl groups is 1. The number of rotatable bonds is 6. The second-order valence-corrected chi connectivity index (χ2v) is 11.8. The minimum atomic E-state index is -1.01. The molecule has 0 unspecified atom stereocenters. The average molecular weight is 636 g/mol. The van der Waals surface area contributed by atoms with Crippen LogP contribution in [0, 0.1) is 18.3 Å². The predicted octanol–water partition coefficient (Wildman–Crippen LogP) is 2.98. The van der Waals surface area contributed by atoms with Crippen LogP contribution in [0.15, 0.2) is 34.1 Å². The lowest BCUT2D eigenvalue weighted by Crippen LogP contribution is -2.72. The molecule has 0 saturated carbocycles. The molecule has 5 atom stereocenters. The summed E-state index contributed by atoms with van der Waals surface area (Å²) in [7, 11) is 5.66. The van der Waals surface area contributed by atoms with Gasteiger partial charge in [0.2, 0.25) is 5.78 Å². The quantitative estimate of drug-likeness (QED) is 0.210. The fourth-order valence-corrected chi connectivity index (χ4v) is 7.45. The molecule has 4 aliphatic rings. The van der Waals surface area contributed by atoms with Gasteiger partial charge in [-0.05, 0) is 47.6 Å². The van der Waals surface area contributed by atoms with Crippen molar-refractivity contribution < 1.29 is 48.0 Å². The topological polar surface area (TPSA) is 165 Å². The van der Waals surface area contributed by atoms with Crippen LogP contribution in [0.25, 0.3) is 0 Å². The molecule has 1 aliphatic carbocycles. The van der Waals surface area contributed by atoms with Gasteiger partial charge in [-0.1, -0.05) is 6.08 Å². The highest BCUT2D eigenvalue weighted by atomic mass is 16.7. The van der Waals surface area contributed by atoms with Gasteiger partial charge in [-0.3, -0.25) is 19.4 Å². The van der Waals surface area contributed by atoms with Gasteiger partial charge in [-0.25, -0.2) is 9.59 Å². The number of ketones is 2. The number of nitriles is 1. The lowest BCUT2D eigenvalue weighted by Gasteiger charge is -2.60. The molecule has 1 N–H and O–H groups in total. The number of hydrogen-bond acceptors (Lipinski definition) is 13. The van der Waals surface area contributed by atoms with Crippen LogP contribution in [0.1, 0.15) is 49.9 Å². The average Bonchev–Trinajstić information content (AvgIpc) is 3.04. The van der Waals surface area contributed by atoms with E-state index in [2.05, 4.69) is 6.07 Å². The zero-order chi connectivity index (χ0) is 33.8. The lowest BCUT2D eigenvalue weighted by molar-refractivity contribution is -0.144. The Kier molecular flexibility index (Phi) is 8.72. The third kappa shape index (κ3) is 4.75. The van der Waals surface area contributed by atoms with Crippen molar-refractivity contribution in [3.8, 4) is 23.3 Å². The maximum Gasteiger partial charge on any atom is 0.513 e. The summed E-state index contributed by atoms with van der Waals surface area (Å²) in [6.07, 6.45) is 0.790. The largest absolute Gasteiger partial charge is 0.513 e. The summed E-state index contributed by atoms with van der Waals surface area (Å²) in [6.45, 7) is 6.16. The summed E-state index contributed by atoms with van der Waals surface area (Å²) < 4.78 is 27.1. The van der Waals surface area contributed by atoms with Crippen LogP contribution in [-0.2, 0) is 35.0 Å². The number of nitrogens with zero attached hydrogens (tertiary/aromatic N) is 3. The normalized spacial score (nSPS) is 26.1. The number of phenolic OH excluding ortho intramolecular Hbond substituents is 1. The van der Waals surface area contributed by atoms with Crippen LogP contribution in [0.3, 0.4) is 0 Å². The zero-order valence-corrected chi connectivity index (χ0v) is 27.0. The van der Waals surface area contributed by atoms with Gasteiger partial charge in [-0.2, -0.15) is 5.26 Å². The van der Waals surface area contributed by atoms with Gasteiger partial charge in [-0.15, -0.1) is 0 Å². The molecule has 2 bridgehead atoms. The summed E-state index contributed by atoms with van der Waals surface area (Å²) in [5.74, 6) is -1.53. The number of methoxy groups -OCH3 is 3. The summed E-state index contributed by atoms with van der Waals surface area (Å²) in [6, 6.07) is -1.35. The number of hydrogen-bond donors (Lipinski definition) is 1. The van der Waals surface area contributed by atoms with Crippen LogP contribution >= 0.6 is 0 Å². The number of piperazine rings is 1. The maximum atomic E-state index is 14.0. The second kappa shape index (κ2) is 12.3. The summed E-state index contributed by atoms with van der Waals surface area (Å²) >= 11 is 0. The predicted molar refractivity (Wildman–Crippen MR) is 161 cm³/mol. The SMILES string of the molecule is C/C=C(/C)C(=O)OC[C@H]1c2c(O)c(OC)c(C)c(OC(=O)OC)c2C[C@H]2[C@H]3C4=C(C[C@H]([C@H](C#N)N12)N3C)C(=O)C(C)=C(OC)C4=O. The van der Waals surface area contributed by atoms with Gasteiger partial charge in [0.15, 0.2) is 23.0 Å². The molecule has 46 heavy (non-hydrogen) atoms. The van der Waals surface area contributed by atoms with E-state index in [1.165, 1.54) is 14.2 Å². The molecule has 3 aliphatic heterocycles. The maximum absolute atomic E-state index is 14.0. The lowest BCUT2D eigenvalue weighted by atomic mass is 9.69. The first kappa shape index (κ1) is 32.7. The molecule has 0 aromatic heterocycles. The zero-order valence-electron chi connectivity index (χ0n) is 27.0. The molecule has 0 radical (unpaired) electrons. The highest BCUT2D eigenvalue weighted by Gasteiger charge is 2.59. The highest BCUT2D eigenvalue weighted by Crippen LogP contribution is 2.55. The van der Waals surface area contributed by atoms with Gasteiger partial charge in [0.05, 0.1) is 39.5 Å². The van der Waals surface area contributed by atoms with Crippen molar-refractivity contribution in [3.05, 3.63) is 50.8 Å². The van der Waals surface area contributed by atoms with Crippen LogP contribution in [0.4, 0.5) is 4.79 Å². The van der Waals surface area contributed by atoms with E-state index in [1.807, 2.05) is 9.80 Å². The standard InChI is InChI=1S/C33H37N3O10/c1-9-14(2)32(40)45-13-22-23-18(29(46-33(41)44-8)16(4)31(43-7)27(23)38)11-20-25-24-17(26(37)15(3)30(42-6)28(24)39)10-19(35(25)5)21(12-34)36(20)22/h9,19-22,25,38H,10-11,13H2,1-8H3/b14-9-/t19-,20+,21+,22+,25+/m1/s1. The van der Waals surface area contributed by atoms with Gasteiger partial charge < -0.3 is 28.8 Å². The Hall–Kier alpha value is -4.67. The van der Waals surface area contributed by atoms with Gasteiger partial charge in [0.25, 0.3) is 0 Å².